The molecule has 0 aromatic heterocycles. The average molecular weight is 372 g/mol. The maximum absolute atomic E-state index is 12.7. The van der Waals surface area contributed by atoms with Crippen LogP contribution >= 0.6 is 0 Å². The van der Waals surface area contributed by atoms with Crippen LogP contribution in [0.2, 0.25) is 0 Å². The van der Waals surface area contributed by atoms with Crippen molar-refractivity contribution in [2.75, 3.05) is 13.2 Å². The zero-order valence-corrected chi connectivity index (χ0v) is 15.5. The van der Waals surface area contributed by atoms with Gasteiger partial charge in [0, 0.05) is 5.41 Å². The van der Waals surface area contributed by atoms with Crippen molar-refractivity contribution in [3.8, 4) is 0 Å². The Morgan fingerprint density at radius 2 is 1.30 bits per heavy atom. The predicted octanol–water partition coefficient (Wildman–Crippen LogP) is 6.15. The van der Waals surface area contributed by atoms with Crippen LogP contribution in [0.5, 0.6) is 0 Å². The molecule has 2 aromatic rings. The molecule has 0 saturated carbocycles. The topological polar surface area (TPSA) is 18.5 Å². The Balaban J connectivity index is 2.00. The van der Waals surface area contributed by atoms with Gasteiger partial charge in [0.15, 0.2) is 0 Å². The third-order valence-corrected chi connectivity index (χ3v) is 4.31. The summed E-state index contributed by atoms with van der Waals surface area (Å²) in [4.78, 5) is 0. The molecular weight excluding hydrogens is 346 g/mol. The molecule has 0 N–H and O–H groups in total. The van der Waals surface area contributed by atoms with Gasteiger partial charge in [-0.1, -0.05) is 66.7 Å². The van der Waals surface area contributed by atoms with E-state index in [1.54, 1.807) is 6.08 Å². The first kappa shape index (κ1) is 21.0. The van der Waals surface area contributed by atoms with Crippen LogP contribution in [-0.4, -0.2) is 13.2 Å². The van der Waals surface area contributed by atoms with Gasteiger partial charge in [-0.15, -0.1) is 6.58 Å². The van der Waals surface area contributed by atoms with E-state index >= 15 is 0 Å². The third-order valence-electron chi connectivity index (χ3n) is 4.31. The minimum Gasteiger partial charge on any atom is -0.376 e. The van der Waals surface area contributed by atoms with Crippen LogP contribution in [0, 0.1) is 5.41 Å². The van der Waals surface area contributed by atoms with Crippen LogP contribution in [-0.2, 0) is 22.7 Å². The lowest BCUT2D eigenvalue weighted by molar-refractivity contribution is -0.0308. The second-order valence-electron chi connectivity index (χ2n) is 6.65. The van der Waals surface area contributed by atoms with Crippen molar-refractivity contribution in [2.45, 2.75) is 26.1 Å². The van der Waals surface area contributed by atoms with Crippen molar-refractivity contribution in [3.05, 3.63) is 96.6 Å². The third kappa shape index (κ3) is 7.85. The van der Waals surface area contributed by atoms with Crippen LogP contribution < -0.4 is 0 Å². The Bertz CT molecular complexity index is 649. The molecule has 0 amide bonds. The molecular formula is C23H26F2O2. The minimum atomic E-state index is -1.69. The first-order chi connectivity index (χ1) is 13.1. The number of hydrogen-bond donors (Lipinski definition) is 0. The molecule has 0 heterocycles. The Hall–Kier alpha value is -2.30. The van der Waals surface area contributed by atoms with Crippen molar-refractivity contribution in [1.29, 1.82) is 0 Å². The summed E-state index contributed by atoms with van der Waals surface area (Å²) in [6.45, 7) is 5.27. The highest BCUT2D eigenvalue weighted by molar-refractivity contribution is 5.14. The lowest BCUT2D eigenvalue weighted by atomic mass is 9.82. The predicted molar refractivity (Wildman–Crippen MR) is 104 cm³/mol. The van der Waals surface area contributed by atoms with Crippen molar-refractivity contribution >= 4 is 0 Å². The van der Waals surface area contributed by atoms with Gasteiger partial charge in [0.1, 0.15) is 0 Å². The van der Waals surface area contributed by atoms with Crippen LogP contribution in [0.1, 0.15) is 24.0 Å². The summed E-state index contributed by atoms with van der Waals surface area (Å²) in [6.07, 6.45) is 1.70. The molecule has 0 radical (unpaired) electrons. The van der Waals surface area contributed by atoms with E-state index in [0.717, 1.165) is 17.2 Å². The lowest BCUT2D eigenvalue weighted by Gasteiger charge is -2.31. The minimum absolute atomic E-state index is 0.172. The van der Waals surface area contributed by atoms with Crippen molar-refractivity contribution in [3.63, 3.8) is 0 Å². The second-order valence-corrected chi connectivity index (χ2v) is 6.65. The highest BCUT2D eigenvalue weighted by Gasteiger charge is 2.29. The van der Waals surface area contributed by atoms with E-state index in [9.17, 15) is 8.78 Å². The number of allylic oxidation sites excluding steroid dienone is 2. The zero-order chi connectivity index (χ0) is 19.4. The highest BCUT2D eigenvalue weighted by atomic mass is 19.3. The normalized spacial score (nSPS) is 11.2. The summed E-state index contributed by atoms with van der Waals surface area (Å²) in [6, 6.07) is 19.6. The monoisotopic (exact) mass is 372 g/mol. The molecule has 0 aliphatic heterocycles. The Kier molecular flexibility index (Phi) is 8.89. The van der Waals surface area contributed by atoms with Gasteiger partial charge in [0.05, 0.1) is 26.4 Å². The number of benzene rings is 2. The summed E-state index contributed by atoms with van der Waals surface area (Å²) in [5.74, 6) is 0. The largest absolute Gasteiger partial charge is 0.376 e. The molecule has 0 aliphatic carbocycles. The summed E-state index contributed by atoms with van der Waals surface area (Å²) < 4.78 is 37.2. The maximum Gasteiger partial charge on any atom is 0.266 e. The average Bonchev–Trinajstić information content (AvgIpc) is 2.68. The number of hydrogen-bond acceptors (Lipinski definition) is 2. The Morgan fingerprint density at radius 3 is 1.70 bits per heavy atom. The van der Waals surface area contributed by atoms with Gasteiger partial charge >= 0.3 is 0 Å². The van der Waals surface area contributed by atoms with Crippen molar-refractivity contribution in [2.24, 2.45) is 5.41 Å². The summed E-state index contributed by atoms with van der Waals surface area (Å²) >= 11 is 0. The summed E-state index contributed by atoms with van der Waals surface area (Å²) in [7, 11) is 0. The second kappa shape index (κ2) is 11.4. The van der Waals surface area contributed by atoms with E-state index in [2.05, 4.69) is 6.58 Å². The van der Waals surface area contributed by atoms with Crippen molar-refractivity contribution < 1.29 is 18.3 Å². The molecule has 0 spiro atoms. The van der Waals surface area contributed by atoms with Crippen LogP contribution in [0.25, 0.3) is 0 Å². The van der Waals surface area contributed by atoms with Crippen molar-refractivity contribution in [1.82, 2.24) is 0 Å². The molecule has 2 rings (SSSR count). The molecule has 144 valence electrons. The molecule has 0 saturated heterocycles. The van der Waals surface area contributed by atoms with Gasteiger partial charge in [-0.25, -0.2) is 0 Å². The standard InChI is InChI=1S/C23H26F2O2/c1-2-14-23(15-13-22(24)25,18-26-16-20-9-5-3-6-10-20)19-27-17-21-11-7-4-8-12-21/h2-13H,1,14-19H2. The van der Waals surface area contributed by atoms with E-state index in [1.807, 2.05) is 60.7 Å². The first-order valence-electron chi connectivity index (χ1n) is 8.99. The fourth-order valence-corrected chi connectivity index (χ4v) is 2.88. The van der Waals surface area contributed by atoms with Crippen LogP contribution in [0.3, 0.4) is 0 Å². The molecule has 0 unspecified atom stereocenters. The fraction of sp³-hybridized carbons (Fsp3) is 0.304. The molecule has 2 aromatic carbocycles. The Labute approximate surface area is 160 Å². The van der Waals surface area contributed by atoms with Gasteiger partial charge in [0.25, 0.3) is 6.08 Å². The SMILES string of the molecule is C=CCC(CC=C(F)F)(COCc1ccccc1)COCc1ccccc1. The molecule has 27 heavy (non-hydrogen) atoms. The van der Waals surface area contributed by atoms with Gasteiger partial charge in [-0.2, -0.15) is 8.78 Å². The summed E-state index contributed by atoms with van der Waals surface area (Å²) in [5.41, 5.74) is 1.51. The number of rotatable bonds is 12. The van der Waals surface area contributed by atoms with E-state index < -0.39 is 11.5 Å². The molecule has 0 fully saturated rings. The maximum atomic E-state index is 12.7. The molecule has 0 bridgehead atoms. The van der Waals surface area contributed by atoms with Gasteiger partial charge in [-0.05, 0) is 30.0 Å². The fourth-order valence-electron chi connectivity index (χ4n) is 2.88. The number of halogens is 2. The van der Waals surface area contributed by atoms with Gasteiger partial charge in [0.2, 0.25) is 0 Å². The molecule has 4 heteroatoms. The van der Waals surface area contributed by atoms with E-state index in [4.69, 9.17) is 9.47 Å². The van der Waals surface area contributed by atoms with Gasteiger partial charge < -0.3 is 9.47 Å². The van der Waals surface area contributed by atoms with E-state index in [1.165, 1.54) is 0 Å². The molecule has 0 atom stereocenters. The lowest BCUT2D eigenvalue weighted by Crippen LogP contribution is -2.32. The first-order valence-corrected chi connectivity index (χ1v) is 8.99. The van der Waals surface area contributed by atoms with E-state index in [0.29, 0.717) is 32.8 Å². The quantitative estimate of drug-likeness (QED) is 0.416. The van der Waals surface area contributed by atoms with Crippen LogP contribution in [0.4, 0.5) is 8.78 Å². The summed E-state index contributed by atoms with van der Waals surface area (Å²) in [5, 5.41) is 0. The Morgan fingerprint density at radius 1 is 0.815 bits per heavy atom. The number of ether oxygens (including phenoxy) is 2. The van der Waals surface area contributed by atoms with Gasteiger partial charge in [-0.3, -0.25) is 0 Å². The molecule has 0 aliphatic rings. The molecule has 2 nitrogen and oxygen atoms in total. The zero-order valence-electron chi connectivity index (χ0n) is 15.5. The highest BCUT2D eigenvalue weighted by Crippen LogP contribution is 2.31. The van der Waals surface area contributed by atoms with E-state index in [-0.39, 0.29) is 6.42 Å². The smallest absolute Gasteiger partial charge is 0.266 e. The van der Waals surface area contributed by atoms with Crippen LogP contribution in [0.15, 0.2) is 85.5 Å².